The van der Waals surface area contributed by atoms with Gasteiger partial charge in [-0.1, -0.05) is 12.1 Å². The Kier molecular flexibility index (Phi) is 5.73. The van der Waals surface area contributed by atoms with Gasteiger partial charge in [0.2, 0.25) is 0 Å². The zero-order valence-corrected chi connectivity index (χ0v) is 10.8. The summed E-state index contributed by atoms with van der Waals surface area (Å²) in [6, 6.07) is 5.51. The van der Waals surface area contributed by atoms with E-state index < -0.39 is 0 Å². The van der Waals surface area contributed by atoms with Gasteiger partial charge in [-0.3, -0.25) is 0 Å². The number of hydrogen-bond acceptors (Lipinski definition) is 2. The monoisotopic (exact) mass is 240 g/mol. The Balaban J connectivity index is 0.000001000. The Labute approximate surface area is 102 Å². The van der Waals surface area contributed by atoms with Crippen LogP contribution < -0.4 is 34.3 Å². The first-order chi connectivity index (χ1) is 4.74. The normalized spacial score (nSPS) is 8.55. The molecule has 0 N–H and O–H groups in total. The van der Waals surface area contributed by atoms with Gasteiger partial charge in [-0.05, 0) is 22.0 Å². The van der Waals surface area contributed by atoms with Gasteiger partial charge < -0.3 is 17.4 Å². The smallest absolute Gasteiger partial charge is 0.780 e. The molecule has 0 amide bonds. The van der Waals surface area contributed by atoms with Gasteiger partial charge in [0.05, 0.1) is 11.6 Å². The Morgan fingerprint density at radius 2 is 2.09 bits per heavy atom. The molecule has 0 aliphatic heterocycles. The van der Waals surface area contributed by atoms with Crippen LogP contribution in [0.3, 0.4) is 0 Å². The molecule has 0 spiro atoms. The third-order valence-electron chi connectivity index (χ3n) is 1.12. The molecule has 1 aromatic rings. The first-order valence-corrected chi connectivity index (χ1v) is 3.94. The van der Waals surface area contributed by atoms with E-state index >= 15 is 0 Å². The van der Waals surface area contributed by atoms with E-state index in [1.54, 1.807) is 7.11 Å². The van der Waals surface area contributed by atoms with E-state index in [1.165, 1.54) is 0 Å². The van der Waals surface area contributed by atoms with E-state index in [-0.39, 0.29) is 29.6 Å². The number of benzene rings is 1. The fourth-order valence-corrected chi connectivity index (χ4v) is 1.53. The molecule has 11 heavy (non-hydrogen) atoms. The zero-order valence-electron chi connectivity index (χ0n) is 6.43. The molecule has 0 atom stereocenters. The minimum Gasteiger partial charge on any atom is -0.780 e. The van der Waals surface area contributed by atoms with Crippen molar-refractivity contribution in [1.82, 2.24) is 0 Å². The van der Waals surface area contributed by atoms with Gasteiger partial charge in [0.15, 0.2) is 0 Å². The van der Waals surface area contributed by atoms with Crippen molar-refractivity contribution in [3.05, 3.63) is 22.7 Å². The van der Waals surface area contributed by atoms with Gasteiger partial charge in [-0.15, -0.1) is 0 Å². The van der Waals surface area contributed by atoms with Crippen LogP contribution in [0.25, 0.3) is 0 Å². The molecule has 0 heterocycles. The molecule has 1 rings (SSSR count). The predicted octanol–water partition coefficient (Wildman–Crippen LogP) is -0.633. The van der Waals surface area contributed by atoms with Crippen LogP contribution in [0.15, 0.2) is 27.6 Å². The molecule has 0 aliphatic rings. The van der Waals surface area contributed by atoms with Crippen molar-refractivity contribution >= 4 is 28.6 Å². The van der Waals surface area contributed by atoms with Gasteiger partial charge in [0, 0.05) is 0 Å². The van der Waals surface area contributed by atoms with Crippen molar-refractivity contribution in [1.29, 1.82) is 0 Å². The predicted molar refractivity (Wildman–Crippen MR) is 46.3 cm³/mol. The van der Waals surface area contributed by atoms with Gasteiger partial charge >= 0.3 is 29.6 Å². The molecule has 0 saturated carbocycles. The second kappa shape index (κ2) is 5.38. The van der Waals surface area contributed by atoms with Gasteiger partial charge in [-0.2, -0.15) is 4.90 Å². The third kappa shape index (κ3) is 3.30. The first kappa shape index (κ1) is 11.7. The molecule has 0 radical (unpaired) electrons. The molecule has 1 aromatic carbocycles. The Bertz CT molecular complexity index is 242. The fourth-order valence-electron chi connectivity index (χ4n) is 0.647. The summed E-state index contributed by atoms with van der Waals surface area (Å²) in [5.74, 6) is 0.814. The van der Waals surface area contributed by atoms with E-state index in [0.29, 0.717) is 0 Å². The second-order valence-electron chi connectivity index (χ2n) is 1.80. The Hall–Kier alpha value is 0.720. The summed E-state index contributed by atoms with van der Waals surface area (Å²) < 4.78 is 5.91. The van der Waals surface area contributed by atoms with E-state index in [4.69, 9.17) is 17.4 Å². The molecule has 0 saturated heterocycles. The maximum atomic E-state index is 5.01. The molecule has 0 bridgehead atoms. The van der Waals surface area contributed by atoms with E-state index in [0.717, 1.165) is 15.1 Å². The van der Waals surface area contributed by atoms with Crippen LogP contribution in [0.1, 0.15) is 0 Å². The van der Waals surface area contributed by atoms with Gasteiger partial charge in [0.25, 0.3) is 0 Å². The van der Waals surface area contributed by atoms with Crippen LogP contribution in [0.4, 0.5) is 0 Å². The molecule has 0 aliphatic carbocycles. The summed E-state index contributed by atoms with van der Waals surface area (Å²) in [4.78, 5) is 0.813. The first-order valence-electron chi connectivity index (χ1n) is 2.74. The second-order valence-corrected chi connectivity index (χ2v) is 3.12. The largest absolute Gasteiger partial charge is 1.00 e. The minimum absolute atomic E-state index is 0. The van der Waals surface area contributed by atoms with E-state index in [2.05, 4.69) is 15.9 Å². The summed E-state index contributed by atoms with van der Waals surface area (Å²) in [6.45, 7) is 0. The van der Waals surface area contributed by atoms with Crippen LogP contribution in [-0.4, -0.2) is 7.11 Å². The van der Waals surface area contributed by atoms with Crippen molar-refractivity contribution in [2.75, 3.05) is 7.11 Å². The minimum atomic E-state index is 0. The van der Waals surface area contributed by atoms with Crippen LogP contribution >= 0.6 is 15.9 Å². The number of hydrogen-bond donors (Lipinski definition) is 0. The van der Waals surface area contributed by atoms with Crippen molar-refractivity contribution in [3.8, 4) is 5.75 Å². The number of methoxy groups -OCH3 is 1. The van der Waals surface area contributed by atoms with Gasteiger partial charge in [-0.25, -0.2) is 0 Å². The van der Waals surface area contributed by atoms with Crippen LogP contribution in [0, 0.1) is 0 Å². The third-order valence-corrected chi connectivity index (χ3v) is 2.00. The molecular weight excluding hydrogens is 235 g/mol. The van der Waals surface area contributed by atoms with Crippen molar-refractivity contribution in [2.24, 2.45) is 0 Å². The van der Waals surface area contributed by atoms with E-state index in [1.807, 2.05) is 18.2 Å². The van der Waals surface area contributed by atoms with Crippen molar-refractivity contribution in [3.63, 3.8) is 0 Å². The average Bonchev–Trinajstić information content (AvgIpc) is 1.88. The SMILES string of the molecule is COc1ccc([S-])cc1Br.[Na+]. The summed E-state index contributed by atoms with van der Waals surface area (Å²) in [6.07, 6.45) is 0. The molecular formula is C7H6BrNaOS. The van der Waals surface area contributed by atoms with Crippen LogP contribution in [-0.2, 0) is 12.6 Å². The van der Waals surface area contributed by atoms with E-state index in [9.17, 15) is 0 Å². The van der Waals surface area contributed by atoms with Crippen molar-refractivity contribution < 1.29 is 34.3 Å². The van der Waals surface area contributed by atoms with Gasteiger partial charge in [0.1, 0.15) is 5.75 Å². The van der Waals surface area contributed by atoms with Crippen molar-refractivity contribution in [2.45, 2.75) is 4.90 Å². The number of ether oxygens (including phenoxy) is 1. The molecule has 0 aromatic heterocycles. The van der Waals surface area contributed by atoms with Crippen LogP contribution in [0.5, 0.6) is 5.75 Å². The average molecular weight is 241 g/mol. The Morgan fingerprint density at radius 1 is 1.45 bits per heavy atom. The maximum absolute atomic E-state index is 5.01. The number of halogens is 1. The molecule has 4 heteroatoms. The fraction of sp³-hybridized carbons (Fsp3) is 0.143. The summed E-state index contributed by atoms with van der Waals surface area (Å²) in [5, 5.41) is 0. The topological polar surface area (TPSA) is 9.23 Å². The summed E-state index contributed by atoms with van der Waals surface area (Å²) in [7, 11) is 1.63. The maximum Gasteiger partial charge on any atom is 1.00 e. The summed E-state index contributed by atoms with van der Waals surface area (Å²) >= 11 is 8.24. The molecule has 54 valence electrons. The quantitative estimate of drug-likeness (QED) is 0.478. The molecule has 0 fully saturated rings. The zero-order chi connectivity index (χ0) is 7.56. The standard InChI is InChI=1S/C7H7BrOS.Na/c1-9-7-3-2-5(10)4-6(7)8;/h2-4,10H,1H3;/q;+1/p-1. The Morgan fingerprint density at radius 3 is 2.55 bits per heavy atom. The number of rotatable bonds is 1. The van der Waals surface area contributed by atoms with Crippen LogP contribution in [0.2, 0.25) is 0 Å². The molecule has 1 nitrogen and oxygen atoms in total. The molecule has 0 unspecified atom stereocenters. The summed E-state index contributed by atoms with van der Waals surface area (Å²) in [5.41, 5.74) is 0.